The van der Waals surface area contributed by atoms with Crippen LogP contribution < -0.4 is 0 Å². The molecule has 9 N–H and O–H groups in total. The highest BCUT2D eigenvalue weighted by atomic mass is 16.3. The van der Waals surface area contributed by atoms with Crippen LogP contribution in [0.2, 0.25) is 0 Å². The molecule has 9 rings (SSSR count). The van der Waals surface area contributed by atoms with Crippen molar-refractivity contribution in [3.8, 4) is 0 Å². The zero-order valence-corrected chi connectivity index (χ0v) is 67.1. The van der Waals surface area contributed by atoms with E-state index < -0.39 is 0 Å². The minimum atomic E-state index is -0.156. The molecule has 0 heterocycles. The molecule has 0 amide bonds. The van der Waals surface area contributed by atoms with Gasteiger partial charge in [-0.25, -0.2) is 0 Å². The van der Waals surface area contributed by atoms with Gasteiger partial charge in [-0.1, -0.05) is 179 Å². The Balaban J connectivity index is 0.000000557. The summed E-state index contributed by atoms with van der Waals surface area (Å²) in [5.41, 5.74) is 0. The van der Waals surface area contributed by atoms with Gasteiger partial charge >= 0.3 is 0 Å². The first-order chi connectivity index (χ1) is 46.4. The summed E-state index contributed by atoms with van der Waals surface area (Å²) < 4.78 is 0. The first-order valence-corrected chi connectivity index (χ1v) is 40.2. The fraction of sp³-hybridized carbons (Fsp3) is 0.800. The summed E-state index contributed by atoms with van der Waals surface area (Å²) in [5, 5.41) is 86.7. The molecule has 0 aromatic rings. The Morgan fingerprint density at radius 2 is 0.626 bits per heavy atom. The SMILES string of the molecule is C=CC1C(C)CC(C)CC1O.C=CC1C(C)CCC(C)C1O.C=CC1C(C)CCC(O)C1C.C=CC1CC(C)C(C)CC1O.C=CC1CC(C)CC(C)C1O.C=CC1CC(C)CC(O)C1C.C=CC1CC(O)CC(C)C1C.C=CC1CCC(C)C(C)C1O.C=CC1CCC(C)C(O)C1C. The molecule has 9 aliphatic rings. The third kappa shape index (κ3) is 31.1. The number of hydrogen-bond donors (Lipinski definition) is 9. The smallest absolute Gasteiger partial charge is 0.0630 e. The predicted octanol–water partition coefficient (Wildman–Crippen LogP) is 19.9. The van der Waals surface area contributed by atoms with E-state index in [0.29, 0.717) is 148 Å². The van der Waals surface area contributed by atoms with E-state index in [2.05, 4.69) is 184 Å². The van der Waals surface area contributed by atoms with Gasteiger partial charge < -0.3 is 46.0 Å². The first-order valence-electron chi connectivity index (χ1n) is 40.2. The second-order valence-electron chi connectivity index (χ2n) is 34.8. The molecular weight excluding hydrogens is 1220 g/mol. The molecule has 9 aliphatic carbocycles. The quantitative estimate of drug-likeness (QED) is 0.102. The Labute approximate surface area is 611 Å². The highest BCUT2D eigenvalue weighted by Gasteiger charge is 2.37. The summed E-state index contributed by atoms with van der Waals surface area (Å²) in [6.07, 6.45) is 36.0. The van der Waals surface area contributed by atoms with Gasteiger partial charge in [0.1, 0.15) is 0 Å². The molecule has 576 valence electrons. The fourth-order valence-corrected chi connectivity index (χ4v) is 18.2. The van der Waals surface area contributed by atoms with Gasteiger partial charge in [-0.15, -0.1) is 59.2 Å². The lowest BCUT2D eigenvalue weighted by atomic mass is 9.72. The Morgan fingerprint density at radius 3 is 1.14 bits per heavy atom. The molecule has 36 atom stereocenters. The first kappa shape index (κ1) is 94.3. The van der Waals surface area contributed by atoms with Gasteiger partial charge in [-0.3, -0.25) is 0 Å². The van der Waals surface area contributed by atoms with Crippen LogP contribution in [0.1, 0.15) is 240 Å². The molecular formula is C90H162O9. The van der Waals surface area contributed by atoms with Gasteiger partial charge in [0.05, 0.1) is 54.9 Å². The highest BCUT2D eigenvalue weighted by molar-refractivity contribution is 4.99. The van der Waals surface area contributed by atoms with E-state index in [1.54, 1.807) is 0 Å². The molecule has 0 saturated heterocycles. The van der Waals surface area contributed by atoms with Crippen molar-refractivity contribution in [1.82, 2.24) is 0 Å². The number of aliphatic hydroxyl groups is 9. The van der Waals surface area contributed by atoms with Crippen LogP contribution in [-0.4, -0.2) is 101 Å². The zero-order chi connectivity index (χ0) is 75.9. The van der Waals surface area contributed by atoms with Crippen molar-refractivity contribution in [2.75, 3.05) is 0 Å². The number of allylic oxidation sites excluding steroid dienone is 4. The molecule has 0 spiro atoms. The number of aliphatic hydroxyl groups excluding tert-OH is 9. The van der Waals surface area contributed by atoms with Gasteiger partial charge in [0, 0.05) is 29.6 Å². The van der Waals surface area contributed by atoms with Gasteiger partial charge in [-0.2, -0.15) is 0 Å². The Hall–Kier alpha value is -2.70. The predicted molar refractivity (Wildman–Crippen MR) is 425 cm³/mol. The van der Waals surface area contributed by atoms with E-state index in [0.717, 1.165) is 95.3 Å². The summed E-state index contributed by atoms with van der Waals surface area (Å²) in [6.45, 7) is 73.2. The van der Waals surface area contributed by atoms with Crippen LogP contribution in [0.25, 0.3) is 0 Å². The molecule has 0 aliphatic heterocycles. The second-order valence-corrected chi connectivity index (χ2v) is 34.8. The normalized spacial score (nSPS) is 45.4. The van der Waals surface area contributed by atoms with Crippen molar-refractivity contribution < 1.29 is 46.0 Å². The molecule has 99 heavy (non-hydrogen) atoms. The summed E-state index contributed by atoms with van der Waals surface area (Å²) in [5.74, 6) is 14.1. The largest absolute Gasteiger partial charge is 0.393 e. The van der Waals surface area contributed by atoms with Crippen LogP contribution in [0.3, 0.4) is 0 Å². The maximum atomic E-state index is 9.74. The lowest BCUT2D eigenvalue weighted by molar-refractivity contribution is 0.0134. The van der Waals surface area contributed by atoms with Crippen LogP contribution in [0.4, 0.5) is 0 Å². The zero-order valence-electron chi connectivity index (χ0n) is 67.1. The molecule has 0 aromatic heterocycles. The van der Waals surface area contributed by atoms with Crippen LogP contribution in [0.5, 0.6) is 0 Å². The third-order valence-electron chi connectivity index (χ3n) is 26.8. The second kappa shape index (κ2) is 48.4. The minimum absolute atomic E-state index is 0.0933. The highest BCUT2D eigenvalue weighted by Crippen LogP contribution is 2.41. The third-order valence-corrected chi connectivity index (χ3v) is 26.8. The van der Waals surface area contributed by atoms with Crippen molar-refractivity contribution in [2.45, 2.75) is 295 Å². The fourth-order valence-electron chi connectivity index (χ4n) is 18.2. The van der Waals surface area contributed by atoms with Gasteiger partial charge in [-0.05, 0) is 246 Å². The Kier molecular flexibility index (Phi) is 46.1. The lowest BCUT2D eigenvalue weighted by Gasteiger charge is -2.36. The molecule has 0 radical (unpaired) electrons. The topological polar surface area (TPSA) is 182 Å². The average molecular weight is 1390 g/mol. The van der Waals surface area contributed by atoms with Crippen molar-refractivity contribution in [1.29, 1.82) is 0 Å². The van der Waals surface area contributed by atoms with E-state index >= 15 is 0 Å². The number of hydrogen-bond acceptors (Lipinski definition) is 9. The molecule has 36 unspecified atom stereocenters. The number of rotatable bonds is 9. The Bertz CT molecular complexity index is 2080. The molecule has 0 bridgehead atoms. The van der Waals surface area contributed by atoms with Gasteiger partial charge in [0.15, 0.2) is 0 Å². The maximum absolute atomic E-state index is 9.74. The summed E-state index contributed by atoms with van der Waals surface area (Å²) in [6, 6.07) is 0. The van der Waals surface area contributed by atoms with E-state index in [1.165, 1.54) is 32.1 Å². The van der Waals surface area contributed by atoms with Gasteiger partial charge in [0.25, 0.3) is 0 Å². The molecule has 9 heteroatoms. The van der Waals surface area contributed by atoms with Crippen molar-refractivity contribution >= 4 is 0 Å². The van der Waals surface area contributed by atoms with Crippen LogP contribution in [0, 0.1) is 160 Å². The van der Waals surface area contributed by atoms with Crippen molar-refractivity contribution in [2.24, 2.45) is 160 Å². The van der Waals surface area contributed by atoms with Crippen molar-refractivity contribution in [3.05, 3.63) is 114 Å². The maximum Gasteiger partial charge on any atom is 0.0630 e. The summed E-state index contributed by atoms with van der Waals surface area (Å²) in [7, 11) is 0. The van der Waals surface area contributed by atoms with Gasteiger partial charge in [0.2, 0.25) is 0 Å². The standard InChI is InChI=1S/9C10H18O/c1-4-9-6-10(11)5-7(2)8(9)3;1-4-9-5-7(2)8(3)6-10(9)11;1-4-9-5-7(2)6-10(11)8(9)3;1-4-9-8(3)5-7(2)6-10(9)11;1-4-9-6-7(2)5-8(3)10(9)11;1-4-9-7(2)5-6-10(11)8(9)3;1-4-9-6-5-7(2)10(11)8(9)3;1-4-9-6-5-7(2)8(3)10(9)11;1-4-9-7(2)5-6-8(3)10(9)11/h9*4,7-11H,1,5-6H2,2-3H3. The van der Waals surface area contributed by atoms with Crippen LogP contribution in [-0.2, 0) is 0 Å². The van der Waals surface area contributed by atoms with E-state index in [9.17, 15) is 46.0 Å². The average Bonchev–Trinajstić information content (AvgIpc) is 1.10. The summed E-state index contributed by atoms with van der Waals surface area (Å²) >= 11 is 0. The minimum Gasteiger partial charge on any atom is -0.393 e. The molecule has 9 fully saturated rings. The van der Waals surface area contributed by atoms with E-state index in [1.807, 2.05) is 54.7 Å². The summed E-state index contributed by atoms with van der Waals surface area (Å²) in [4.78, 5) is 0. The lowest BCUT2D eigenvalue weighted by Crippen LogP contribution is -2.35. The van der Waals surface area contributed by atoms with Crippen LogP contribution in [0.15, 0.2) is 114 Å². The van der Waals surface area contributed by atoms with E-state index in [-0.39, 0.29) is 54.9 Å². The van der Waals surface area contributed by atoms with Crippen LogP contribution >= 0.6 is 0 Å². The monoisotopic (exact) mass is 1390 g/mol. The molecule has 9 saturated carbocycles. The Morgan fingerprint density at radius 1 is 0.202 bits per heavy atom. The van der Waals surface area contributed by atoms with Crippen molar-refractivity contribution in [3.63, 3.8) is 0 Å². The molecule has 0 aromatic carbocycles. The van der Waals surface area contributed by atoms with E-state index in [4.69, 9.17) is 0 Å². The molecule has 9 nitrogen and oxygen atoms in total.